The third-order valence-electron chi connectivity index (χ3n) is 4.16. The number of thioether (sulfide) groups is 1. The number of benzene rings is 1. The lowest BCUT2D eigenvalue weighted by Gasteiger charge is -2.27. The Bertz CT molecular complexity index is 435. The van der Waals surface area contributed by atoms with Crippen LogP contribution in [0.15, 0.2) is 22.7 Å². The molecular weight excluding hydrogens is 346 g/mol. The Morgan fingerprint density at radius 1 is 1.38 bits per heavy atom. The maximum Gasteiger partial charge on any atom is 0.122 e. The number of halogens is 1. The lowest BCUT2D eigenvalue weighted by Crippen LogP contribution is -2.34. The van der Waals surface area contributed by atoms with E-state index in [1.807, 2.05) is 6.07 Å². The molecule has 0 saturated carbocycles. The highest BCUT2D eigenvalue weighted by atomic mass is 79.9. The van der Waals surface area contributed by atoms with Gasteiger partial charge in [-0.1, -0.05) is 22.9 Å². The Balaban J connectivity index is 2.02. The first-order chi connectivity index (χ1) is 10.2. The van der Waals surface area contributed by atoms with Gasteiger partial charge in [0.25, 0.3) is 0 Å². The van der Waals surface area contributed by atoms with Crippen LogP contribution in [0.3, 0.4) is 0 Å². The Hall–Kier alpha value is -0.190. The standard InChI is InChI=1S/C17H26BrNOS/c1-3-19-16(10-13-6-8-21-9-7-13)12-14-11-15(18)4-5-17(14)20-2/h4-5,11,13,16,19H,3,6-10,12H2,1-2H3. The van der Waals surface area contributed by atoms with Crippen LogP contribution in [0.5, 0.6) is 5.75 Å². The number of likely N-dealkylation sites (N-methyl/N-ethyl adjacent to an activating group) is 1. The van der Waals surface area contributed by atoms with Crippen molar-refractivity contribution in [2.75, 3.05) is 25.2 Å². The highest BCUT2D eigenvalue weighted by Gasteiger charge is 2.20. The maximum absolute atomic E-state index is 5.52. The number of hydrogen-bond donors (Lipinski definition) is 1. The summed E-state index contributed by atoms with van der Waals surface area (Å²) in [5.74, 6) is 4.56. The average Bonchev–Trinajstić information content (AvgIpc) is 2.49. The average molecular weight is 372 g/mol. The third kappa shape index (κ3) is 5.50. The van der Waals surface area contributed by atoms with E-state index in [0.29, 0.717) is 6.04 Å². The largest absolute Gasteiger partial charge is 0.496 e. The molecule has 1 aromatic carbocycles. The van der Waals surface area contributed by atoms with Gasteiger partial charge in [0.1, 0.15) is 5.75 Å². The molecule has 0 amide bonds. The van der Waals surface area contributed by atoms with E-state index in [1.165, 1.54) is 36.3 Å². The van der Waals surface area contributed by atoms with Crippen LogP contribution in [0.1, 0.15) is 31.7 Å². The fourth-order valence-electron chi connectivity index (χ4n) is 3.08. The van der Waals surface area contributed by atoms with Gasteiger partial charge in [0.05, 0.1) is 7.11 Å². The van der Waals surface area contributed by atoms with E-state index in [4.69, 9.17) is 4.74 Å². The molecule has 1 unspecified atom stereocenters. The molecule has 1 atom stereocenters. The van der Waals surface area contributed by atoms with Gasteiger partial charge in [-0.2, -0.15) is 11.8 Å². The summed E-state index contributed by atoms with van der Waals surface area (Å²) in [6.07, 6.45) is 5.08. The molecule has 118 valence electrons. The first-order valence-electron chi connectivity index (χ1n) is 7.86. The molecule has 1 fully saturated rings. The molecule has 0 bridgehead atoms. The van der Waals surface area contributed by atoms with Crippen molar-refractivity contribution in [1.29, 1.82) is 0 Å². The second-order valence-corrected chi connectivity index (χ2v) is 7.85. The van der Waals surface area contributed by atoms with Crippen molar-refractivity contribution >= 4 is 27.7 Å². The zero-order valence-electron chi connectivity index (χ0n) is 13.0. The van der Waals surface area contributed by atoms with Crippen LogP contribution in [-0.4, -0.2) is 31.2 Å². The Labute approximate surface area is 141 Å². The molecule has 1 heterocycles. The van der Waals surface area contributed by atoms with E-state index in [1.54, 1.807) is 7.11 Å². The number of nitrogens with one attached hydrogen (secondary N) is 1. The summed E-state index contributed by atoms with van der Waals surface area (Å²) in [7, 11) is 1.76. The van der Waals surface area contributed by atoms with Crippen molar-refractivity contribution in [3.8, 4) is 5.75 Å². The smallest absolute Gasteiger partial charge is 0.122 e. The quantitative estimate of drug-likeness (QED) is 0.761. The molecule has 0 aliphatic carbocycles. The normalized spacial score (nSPS) is 17.7. The van der Waals surface area contributed by atoms with Crippen LogP contribution in [0, 0.1) is 5.92 Å². The number of hydrogen-bond acceptors (Lipinski definition) is 3. The van der Waals surface area contributed by atoms with Gasteiger partial charge in [0, 0.05) is 10.5 Å². The second-order valence-electron chi connectivity index (χ2n) is 5.71. The molecule has 0 spiro atoms. The predicted molar refractivity (Wildman–Crippen MR) is 96.5 cm³/mol. The third-order valence-corrected chi connectivity index (χ3v) is 5.70. The molecule has 1 saturated heterocycles. The van der Waals surface area contributed by atoms with E-state index in [2.05, 4.69) is 52.1 Å². The summed E-state index contributed by atoms with van der Waals surface area (Å²) >= 11 is 5.68. The maximum atomic E-state index is 5.52. The summed E-state index contributed by atoms with van der Waals surface area (Å²) < 4.78 is 6.64. The fraction of sp³-hybridized carbons (Fsp3) is 0.647. The van der Waals surface area contributed by atoms with Gasteiger partial charge in [-0.3, -0.25) is 0 Å². The Kier molecular flexibility index (Phi) is 7.41. The van der Waals surface area contributed by atoms with Crippen LogP contribution in [0.2, 0.25) is 0 Å². The topological polar surface area (TPSA) is 21.3 Å². The van der Waals surface area contributed by atoms with Gasteiger partial charge >= 0.3 is 0 Å². The first kappa shape index (κ1) is 17.2. The lowest BCUT2D eigenvalue weighted by atomic mass is 9.91. The van der Waals surface area contributed by atoms with Crippen LogP contribution < -0.4 is 10.1 Å². The van der Waals surface area contributed by atoms with Crippen molar-refractivity contribution in [3.05, 3.63) is 28.2 Å². The summed E-state index contributed by atoms with van der Waals surface area (Å²) in [4.78, 5) is 0. The van der Waals surface area contributed by atoms with Gasteiger partial charge in [0.15, 0.2) is 0 Å². The van der Waals surface area contributed by atoms with E-state index in [-0.39, 0.29) is 0 Å². The lowest BCUT2D eigenvalue weighted by molar-refractivity contribution is 0.359. The summed E-state index contributed by atoms with van der Waals surface area (Å²) in [5, 5.41) is 3.67. The van der Waals surface area contributed by atoms with Gasteiger partial charge < -0.3 is 10.1 Å². The van der Waals surface area contributed by atoms with E-state index in [9.17, 15) is 0 Å². The van der Waals surface area contributed by atoms with E-state index in [0.717, 1.165) is 29.1 Å². The summed E-state index contributed by atoms with van der Waals surface area (Å²) in [6, 6.07) is 6.84. The molecular formula is C17H26BrNOS. The van der Waals surface area contributed by atoms with Gasteiger partial charge in [-0.25, -0.2) is 0 Å². The van der Waals surface area contributed by atoms with Gasteiger partial charge in [-0.15, -0.1) is 0 Å². The molecule has 1 aliphatic heterocycles. The summed E-state index contributed by atoms with van der Waals surface area (Å²) in [5.41, 5.74) is 1.29. The SMILES string of the molecule is CCNC(Cc1cc(Br)ccc1OC)CC1CCSCC1. The molecule has 21 heavy (non-hydrogen) atoms. The monoisotopic (exact) mass is 371 g/mol. The van der Waals surface area contributed by atoms with Crippen molar-refractivity contribution in [2.24, 2.45) is 5.92 Å². The van der Waals surface area contributed by atoms with E-state index >= 15 is 0 Å². The number of ether oxygens (including phenoxy) is 1. The van der Waals surface area contributed by atoms with Crippen molar-refractivity contribution < 1.29 is 4.74 Å². The highest BCUT2D eigenvalue weighted by molar-refractivity contribution is 9.10. The van der Waals surface area contributed by atoms with Crippen molar-refractivity contribution in [3.63, 3.8) is 0 Å². The van der Waals surface area contributed by atoms with E-state index < -0.39 is 0 Å². The zero-order valence-corrected chi connectivity index (χ0v) is 15.4. The summed E-state index contributed by atoms with van der Waals surface area (Å²) in [6.45, 7) is 3.23. The van der Waals surface area contributed by atoms with Crippen molar-refractivity contribution in [1.82, 2.24) is 5.32 Å². The first-order valence-corrected chi connectivity index (χ1v) is 9.81. The number of rotatable bonds is 7. The predicted octanol–water partition coefficient (Wildman–Crippen LogP) is 4.51. The molecule has 1 N–H and O–H groups in total. The van der Waals surface area contributed by atoms with Gasteiger partial charge in [-0.05, 0) is 73.4 Å². The second kappa shape index (κ2) is 9.06. The van der Waals surface area contributed by atoms with Crippen molar-refractivity contribution in [2.45, 2.75) is 38.6 Å². The molecule has 1 aromatic rings. The molecule has 0 aromatic heterocycles. The molecule has 4 heteroatoms. The fourth-order valence-corrected chi connectivity index (χ4v) is 4.70. The number of methoxy groups -OCH3 is 1. The van der Waals surface area contributed by atoms with Gasteiger partial charge in [0.2, 0.25) is 0 Å². The molecule has 2 nitrogen and oxygen atoms in total. The Morgan fingerprint density at radius 3 is 2.81 bits per heavy atom. The zero-order chi connectivity index (χ0) is 15.1. The minimum absolute atomic E-state index is 0.547. The Morgan fingerprint density at radius 2 is 2.14 bits per heavy atom. The highest BCUT2D eigenvalue weighted by Crippen LogP contribution is 2.29. The van der Waals surface area contributed by atoms with Crippen LogP contribution in [0.25, 0.3) is 0 Å². The van der Waals surface area contributed by atoms with Crippen LogP contribution in [0.4, 0.5) is 0 Å². The molecule has 2 rings (SSSR count). The minimum atomic E-state index is 0.547. The minimum Gasteiger partial charge on any atom is -0.496 e. The molecule has 1 aliphatic rings. The molecule has 0 radical (unpaired) electrons. The van der Waals surface area contributed by atoms with Crippen LogP contribution >= 0.6 is 27.7 Å². The van der Waals surface area contributed by atoms with Crippen LogP contribution in [-0.2, 0) is 6.42 Å².